The molecule has 0 amide bonds. The Morgan fingerprint density at radius 3 is 2.75 bits per heavy atom. The maximum Gasteiger partial charge on any atom is 0.194 e. The molecule has 0 bridgehead atoms. The van der Waals surface area contributed by atoms with Gasteiger partial charge in [-0.25, -0.2) is 0 Å². The summed E-state index contributed by atoms with van der Waals surface area (Å²) in [5.74, 6) is -0.648. The molecule has 5 heteroatoms. The summed E-state index contributed by atoms with van der Waals surface area (Å²) < 4.78 is 5.22. The number of Topliss-reactive ketones (excluding diaryl/α,β-unsaturated/α-hetero) is 1. The van der Waals surface area contributed by atoms with E-state index < -0.39 is 5.92 Å². The van der Waals surface area contributed by atoms with Crippen molar-refractivity contribution in [2.75, 3.05) is 7.11 Å². The molecule has 102 valence electrons. The first-order valence-corrected chi connectivity index (χ1v) is 7.15. The predicted octanol–water partition coefficient (Wildman–Crippen LogP) is 4.21. The van der Waals surface area contributed by atoms with Gasteiger partial charge in [0.15, 0.2) is 5.78 Å². The third-order valence-corrected chi connectivity index (χ3v) is 4.25. The Balaban J connectivity index is 2.49. The minimum atomic E-state index is -0.916. The Morgan fingerprint density at radius 1 is 1.45 bits per heavy atom. The maximum absolute atomic E-state index is 12.5. The molecule has 0 fully saturated rings. The third kappa shape index (κ3) is 2.69. The average Bonchev–Trinajstić information content (AvgIpc) is 2.86. The number of aryl methyl sites for hydroxylation is 1. The van der Waals surface area contributed by atoms with Crippen LogP contribution in [-0.4, -0.2) is 12.9 Å². The minimum absolute atomic E-state index is 0.222. The van der Waals surface area contributed by atoms with Gasteiger partial charge in [0.2, 0.25) is 0 Å². The van der Waals surface area contributed by atoms with Crippen molar-refractivity contribution in [1.29, 1.82) is 5.26 Å². The molecule has 20 heavy (non-hydrogen) atoms. The lowest BCUT2D eigenvalue weighted by Crippen LogP contribution is -2.12. The van der Waals surface area contributed by atoms with Gasteiger partial charge in [0.25, 0.3) is 0 Å². The first-order valence-electron chi connectivity index (χ1n) is 5.89. The van der Waals surface area contributed by atoms with Crippen molar-refractivity contribution >= 4 is 28.7 Å². The van der Waals surface area contributed by atoms with Gasteiger partial charge in [-0.15, -0.1) is 11.3 Å². The van der Waals surface area contributed by atoms with Gasteiger partial charge in [-0.2, -0.15) is 5.26 Å². The standard InChI is InChI=1S/C15H12ClNO2S/c1-9-5-6-20-15(9)14(18)12(8-17)11-7-10(16)3-4-13(11)19-2/h3-7,12H,1-2H3. The van der Waals surface area contributed by atoms with Crippen molar-refractivity contribution < 1.29 is 9.53 Å². The fourth-order valence-corrected chi connectivity index (χ4v) is 3.03. The molecule has 1 aromatic carbocycles. The fourth-order valence-electron chi connectivity index (χ4n) is 1.96. The van der Waals surface area contributed by atoms with Gasteiger partial charge in [-0.05, 0) is 42.1 Å². The summed E-state index contributed by atoms with van der Waals surface area (Å²) in [5.41, 5.74) is 1.38. The molecule has 0 aliphatic heterocycles. The number of thiophene rings is 1. The monoisotopic (exact) mass is 305 g/mol. The molecule has 0 saturated heterocycles. The van der Waals surface area contributed by atoms with Crippen LogP contribution in [0.15, 0.2) is 29.6 Å². The lowest BCUT2D eigenvalue weighted by atomic mass is 9.93. The van der Waals surface area contributed by atoms with Crippen LogP contribution in [0.3, 0.4) is 0 Å². The topological polar surface area (TPSA) is 50.1 Å². The van der Waals surface area contributed by atoms with Crippen molar-refractivity contribution in [3.63, 3.8) is 0 Å². The van der Waals surface area contributed by atoms with Gasteiger partial charge in [0.1, 0.15) is 11.7 Å². The Labute approximate surface area is 126 Å². The summed E-state index contributed by atoms with van der Waals surface area (Å²) in [5, 5.41) is 11.7. The maximum atomic E-state index is 12.5. The highest BCUT2D eigenvalue weighted by Gasteiger charge is 2.27. The third-order valence-electron chi connectivity index (χ3n) is 2.98. The number of hydrogen-bond donors (Lipinski definition) is 0. The van der Waals surface area contributed by atoms with Crippen molar-refractivity contribution in [2.24, 2.45) is 0 Å². The number of benzene rings is 1. The number of methoxy groups -OCH3 is 1. The second kappa shape index (κ2) is 6.08. The SMILES string of the molecule is COc1ccc(Cl)cc1C(C#N)C(=O)c1sccc1C. The van der Waals surface area contributed by atoms with Gasteiger partial charge in [0, 0.05) is 10.6 Å². The predicted molar refractivity (Wildman–Crippen MR) is 79.7 cm³/mol. The molecule has 0 aliphatic carbocycles. The first kappa shape index (κ1) is 14.6. The van der Waals surface area contributed by atoms with Crippen LogP contribution in [0.1, 0.15) is 26.7 Å². The zero-order valence-corrected chi connectivity index (χ0v) is 12.6. The molecule has 0 spiro atoms. The Hall–Kier alpha value is -1.83. The molecule has 0 N–H and O–H groups in total. The van der Waals surface area contributed by atoms with Crippen molar-refractivity contribution in [3.05, 3.63) is 50.7 Å². The highest BCUT2D eigenvalue weighted by molar-refractivity contribution is 7.12. The number of ether oxygens (including phenoxy) is 1. The van der Waals surface area contributed by atoms with E-state index in [-0.39, 0.29) is 5.78 Å². The van der Waals surface area contributed by atoms with E-state index in [1.165, 1.54) is 18.4 Å². The zero-order valence-electron chi connectivity index (χ0n) is 11.0. The number of rotatable bonds is 4. The van der Waals surface area contributed by atoms with Crippen molar-refractivity contribution in [2.45, 2.75) is 12.8 Å². The number of carbonyl (C=O) groups excluding carboxylic acids is 1. The summed E-state index contributed by atoms with van der Waals surface area (Å²) in [4.78, 5) is 13.1. The van der Waals surface area contributed by atoms with Crippen molar-refractivity contribution in [3.8, 4) is 11.8 Å². The largest absolute Gasteiger partial charge is 0.496 e. The number of nitrogens with zero attached hydrogens (tertiary/aromatic N) is 1. The number of nitriles is 1. The van der Waals surface area contributed by atoms with Crippen LogP contribution in [0.4, 0.5) is 0 Å². The highest BCUT2D eigenvalue weighted by atomic mass is 35.5. The first-order chi connectivity index (χ1) is 9.58. The number of halogens is 1. The number of carbonyl (C=O) groups is 1. The number of hydrogen-bond acceptors (Lipinski definition) is 4. The lowest BCUT2D eigenvalue weighted by Gasteiger charge is -2.13. The van der Waals surface area contributed by atoms with E-state index >= 15 is 0 Å². The second-order valence-corrected chi connectivity index (χ2v) is 5.60. The summed E-state index contributed by atoms with van der Waals surface area (Å²) in [6.07, 6.45) is 0. The van der Waals surface area contributed by atoms with Crippen LogP contribution in [0.2, 0.25) is 5.02 Å². The Morgan fingerprint density at radius 2 is 2.20 bits per heavy atom. The molecule has 0 saturated carbocycles. The molecule has 2 rings (SSSR count). The van der Waals surface area contributed by atoms with Crippen LogP contribution in [0, 0.1) is 18.3 Å². The van der Waals surface area contributed by atoms with Crippen LogP contribution in [0.25, 0.3) is 0 Å². The van der Waals surface area contributed by atoms with E-state index in [9.17, 15) is 10.1 Å². The van der Waals surface area contributed by atoms with Gasteiger partial charge in [-0.1, -0.05) is 11.6 Å². The molecule has 0 aliphatic rings. The molecule has 1 atom stereocenters. The summed E-state index contributed by atoms with van der Waals surface area (Å²) in [7, 11) is 1.50. The van der Waals surface area contributed by atoms with Gasteiger partial charge in [-0.3, -0.25) is 4.79 Å². The summed E-state index contributed by atoms with van der Waals surface area (Å²) in [6, 6.07) is 8.85. The zero-order chi connectivity index (χ0) is 14.7. The Kier molecular flexibility index (Phi) is 4.43. The summed E-state index contributed by atoms with van der Waals surface area (Å²) in [6.45, 7) is 1.85. The van der Waals surface area contributed by atoms with Crippen molar-refractivity contribution in [1.82, 2.24) is 0 Å². The van der Waals surface area contributed by atoms with E-state index in [0.717, 1.165) is 5.56 Å². The van der Waals surface area contributed by atoms with Crippen LogP contribution in [-0.2, 0) is 0 Å². The fraction of sp³-hybridized carbons (Fsp3) is 0.200. The second-order valence-electron chi connectivity index (χ2n) is 4.25. The molecular formula is C15H12ClNO2S. The smallest absolute Gasteiger partial charge is 0.194 e. The van der Waals surface area contributed by atoms with E-state index in [4.69, 9.17) is 16.3 Å². The molecule has 1 aromatic heterocycles. The van der Waals surface area contributed by atoms with Crippen LogP contribution in [0.5, 0.6) is 5.75 Å². The van der Waals surface area contributed by atoms with Gasteiger partial charge in [0.05, 0.1) is 18.1 Å². The molecule has 0 radical (unpaired) electrons. The van der Waals surface area contributed by atoms with Gasteiger partial charge >= 0.3 is 0 Å². The lowest BCUT2D eigenvalue weighted by molar-refractivity contribution is 0.0981. The van der Waals surface area contributed by atoms with E-state index in [1.807, 2.05) is 18.4 Å². The molecule has 2 aromatic rings. The van der Waals surface area contributed by atoms with Crippen LogP contribution < -0.4 is 4.74 Å². The van der Waals surface area contributed by atoms with E-state index in [1.54, 1.807) is 18.2 Å². The van der Waals surface area contributed by atoms with E-state index in [2.05, 4.69) is 6.07 Å². The van der Waals surface area contributed by atoms with E-state index in [0.29, 0.717) is 21.2 Å². The average molecular weight is 306 g/mol. The highest BCUT2D eigenvalue weighted by Crippen LogP contribution is 2.33. The van der Waals surface area contributed by atoms with Gasteiger partial charge < -0.3 is 4.74 Å². The molecule has 1 unspecified atom stereocenters. The summed E-state index contributed by atoms with van der Waals surface area (Å²) >= 11 is 7.30. The number of ketones is 1. The normalized spacial score (nSPS) is 11.7. The molecule has 3 nitrogen and oxygen atoms in total. The Bertz CT molecular complexity index is 687. The minimum Gasteiger partial charge on any atom is -0.496 e. The van der Waals surface area contributed by atoms with Crippen LogP contribution >= 0.6 is 22.9 Å². The molecule has 1 heterocycles. The molecular weight excluding hydrogens is 294 g/mol. The quantitative estimate of drug-likeness (QED) is 0.795.